The molecule has 0 spiro atoms. The molecule has 0 saturated carbocycles. The zero-order valence-corrected chi connectivity index (χ0v) is 9.03. The molecule has 1 aromatic rings. The summed E-state index contributed by atoms with van der Waals surface area (Å²) in [6.07, 6.45) is 2.20. The van der Waals surface area contributed by atoms with Gasteiger partial charge in [-0.2, -0.15) is 0 Å². The van der Waals surface area contributed by atoms with Gasteiger partial charge < -0.3 is 0 Å². The van der Waals surface area contributed by atoms with Crippen LogP contribution in [0.4, 0.5) is 0 Å². The van der Waals surface area contributed by atoms with Gasteiger partial charge >= 0.3 is 0 Å². The molecule has 0 aliphatic carbocycles. The summed E-state index contributed by atoms with van der Waals surface area (Å²) < 4.78 is 0. The number of hydrogen-bond donors (Lipinski definition) is 2. The third-order valence-electron chi connectivity index (χ3n) is 1.63. The molecule has 2 nitrogen and oxygen atoms in total. The van der Waals surface area contributed by atoms with Gasteiger partial charge in [0.05, 0.1) is 0 Å². The van der Waals surface area contributed by atoms with Crippen molar-refractivity contribution in [3.63, 3.8) is 0 Å². The van der Waals surface area contributed by atoms with E-state index in [0.717, 1.165) is 19.4 Å². The first-order valence-corrected chi connectivity index (χ1v) is 3.91. The molecule has 0 heterocycles. The molecule has 4 heteroatoms. The van der Waals surface area contributed by atoms with Crippen LogP contribution >= 0.6 is 24.8 Å². The fraction of sp³-hybridized carbons (Fsp3) is 0.333. The molecule has 0 aromatic heterocycles. The Kier molecular flexibility index (Phi) is 11.5. The van der Waals surface area contributed by atoms with E-state index in [4.69, 9.17) is 5.84 Å². The van der Waals surface area contributed by atoms with Crippen LogP contribution in [0.1, 0.15) is 12.0 Å². The van der Waals surface area contributed by atoms with Crippen molar-refractivity contribution in [2.75, 3.05) is 6.54 Å². The van der Waals surface area contributed by atoms with Crippen LogP contribution in [0.3, 0.4) is 0 Å². The van der Waals surface area contributed by atoms with E-state index in [-0.39, 0.29) is 24.8 Å². The maximum absolute atomic E-state index is 5.14. The van der Waals surface area contributed by atoms with Gasteiger partial charge in [0.2, 0.25) is 0 Å². The molecule has 13 heavy (non-hydrogen) atoms. The van der Waals surface area contributed by atoms with Crippen molar-refractivity contribution >= 4 is 24.8 Å². The Balaban J connectivity index is 0. The van der Waals surface area contributed by atoms with Crippen LogP contribution in [0.25, 0.3) is 0 Å². The highest BCUT2D eigenvalue weighted by Crippen LogP contribution is 2.00. The van der Waals surface area contributed by atoms with Crippen molar-refractivity contribution in [1.29, 1.82) is 0 Å². The highest BCUT2D eigenvalue weighted by Gasteiger charge is 1.89. The summed E-state index contributed by atoms with van der Waals surface area (Å²) in [7, 11) is 0. The second-order valence-electron chi connectivity index (χ2n) is 2.54. The molecule has 0 radical (unpaired) electrons. The normalized spacial score (nSPS) is 8.38. The van der Waals surface area contributed by atoms with Crippen molar-refractivity contribution in [3.8, 4) is 0 Å². The minimum absolute atomic E-state index is 0. The van der Waals surface area contributed by atoms with Crippen LogP contribution < -0.4 is 11.3 Å². The molecule has 0 saturated heterocycles. The van der Waals surface area contributed by atoms with Crippen molar-refractivity contribution in [2.45, 2.75) is 12.8 Å². The lowest BCUT2D eigenvalue weighted by Crippen LogP contribution is -2.23. The Bertz CT molecular complexity index is 192. The molecule has 0 atom stereocenters. The first kappa shape index (κ1) is 15.2. The number of hydrazine groups is 1. The average Bonchev–Trinajstić information content (AvgIpc) is 2.07. The first-order chi connectivity index (χ1) is 5.43. The Labute approximate surface area is 91.7 Å². The lowest BCUT2D eigenvalue weighted by atomic mass is 10.1. The van der Waals surface area contributed by atoms with Crippen molar-refractivity contribution in [3.05, 3.63) is 35.9 Å². The highest BCUT2D eigenvalue weighted by atomic mass is 35.5. The van der Waals surface area contributed by atoms with E-state index in [2.05, 4.69) is 29.7 Å². The van der Waals surface area contributed by atoms with Crippen LogP contribution in [0, 0.1) is 0 Å². The summed E-state index contributed by atoms with van der Waals surface area (Å²) in [4.78, 5) is 0. The Hall–Kier alpha value is -0.280. The maximum Gasteiger partial charge on any atom is 0.0101 e. The van der Waals surface area contributed by atoms with Crippen LogP contribution in [-0.4, -0.2) is 6.54 Å². The van der Waals surface area contributed by atoms with Crippen LogP contribution in [0.2, 0.25) is 0 Å². The van der Waals surface area contributed by atoms with Crippen LogP contribution in [-0.2, 0) is 6.42 Å². The minimum atomic E-state index is 0. The van der Waals surface area contributed by atoms with Crippen LogP contribution in [0.15, 0.2) is 30.3 Å². The van der Waals surface area contributed by atoms with E-state index in [9.17, 15) is 0 Å². The van der Waals surface area contributed by atoms with Crippen LogP contribution in [0.5, 0.6) is 0 Å². The van der Waals surface area contributed by atoms with E-state index in [0.29, 0.717) is 0 Å². The van der Waals surface area contributed by atoms with Gasteiger partial charge in [0.25, 0.3) is 0 Å². The summed E-state index contributed by atoms with van der Waals surface area (Å²) in [5.74, 6) is 5.14. The molecule has 3 N–H and O–H groups in total. The SMILES string of the molecule is Cl.Cl.NNCCCc1ccccc1. The largest absolute Gasteiger partial charge is 0.271 e. The third-order valence-corrected chi connectivity index (χ3v) is 1.63. The predicted octanol–water partition coefficient (Wildman–Crippen LogP) is 1.93. The topological polar surface area (TPSA) is 38.0 Å². The first-order valence-electron chi connectivity index (χ1n) is 3.91. The molecule has 0 bridgehead atoms. The van der Waals surface area contributed by atoms with Gasteiger partial charge in [-0.15, -0.1) is 24.8 Å². The molecule has 1 rings (SSSR count). The summed E-state index contributed by atoms with van der Waals surface area (Å²) >= 11 is 0. The number of benzene rings is 1. The van der Waals surface area contributed by atoms with Gasteiger partial charge in [0, 0.05) is 6.54 Å². The smallest absolute Gasteiger partial charge is 0.0101 e. The number of halogens is 2. The number of nitrogens with two attached hydrogens (primary N) is 1. The Morgan fingerprint density at radius 1 is 1.08 bits per heavy atom. The quantitative estimate of drug-likeness (QED) is 0.465. The number of rotatable bonds is 4. The fourth-order valence-corrected chi connectivity index (χ4v) is 1.04. The molecular weight excluding hydrogens is 207 g/mol. The maximum atomic E-state index is 5.14. The Morgan fingerprint density at radius 3 is 2.23 bits per heavy atom. The molecular formula is C9H16Cl2N2. The van der Waals surface area contributed by atoms with Crippen molar-refractivity contribution in [1.82, 2.24) is 5.43 Å². The monoisotopic (exact) mass is 222 g/mol. The van der Waals surface area contributed by atoms with Gasteiger partial charge in [-0.3, -0.25) is 11.3 Å². The van der Waals surface area contributed by atoms with Gasteiger partial charge in [-0.05, 0) is 18.4 Å². The van der Waals surface area contributed by atoms with E-state index in [1.807, 2.05) is 6.07 Å². The summed E-state index contributed by atoms with van der Waals surface area (Å²) in [6, 6.07) is 10.4. The molecule has 0 aliphatic heterocycles. The van der Waals surface area contributed by atoms with E-state index in [1.165, 1.54) is 5.56 Å². The number of nitrogens with one attached hydrogen (secondary N) is 1. The summed E-state index contributed by atoms with van der Waals surface area (Å²) in [6.45, 7) is 0.884. The lowest BCUT2D eigenvalue weighted by Gasteiger charge is -1.99. The molecule has 0 amide bonds. The second kappa shape index (κ2) is 9.81. The second-order valence-corrected chi connectivity index (χ2v) is 2.54. The van der Waals surface area contributed by atoms with E-state index in [1.54, 1.807) is 0 Å². The molecule has 0 fully saturated rings. The van der Waals surface area contributed by atoms with Gasteiger partial charge in [-0.1, -0.05) is 30.3 Å². The zero-order chi connectivity index (χ0) is 7.94. The zero-order valence-electron chi connectivity index (χ0n) is 7.40. The van der Waals surface area contributed by atoms with Gasteiger partial charge in [0.1, 0.15) is 0 Å². The van der Waals surface area contributed by atoms with E-state index >= 15 is 0 Å². The average molecular weight is 223 g/mol. The standard InChI is InChI=1S/C9H14N2.2ClH/c10-11-8-4-7-9-5-2-1-3-6-9;;/h1-3,5-6,11H,4,7-8,10H2;2*1H. The number of aryl methyl sites for hydroxylation is 1. The minimum Gasteiger partial charge on any atom is -0.271 e. The number of hydrogen-bond acceptors (Lipinski definition) is 2. The van der Waals surface area contributed by atoms with Crippen molar-refractivity contribution in [2.24, 2.45) is 5.84 Å². The molecule has 76 valence electrons. The molecule has 0 aliphatic rings. The van der Waals surface area contributed by atoms with Crippen molar-refractivity contribution < 1.29 is 0 Å². The fourth-order valence-electron chi connectivity index (χ4n) is 1.04. The molecule has 0 unspecified atom stereocenters. The predicted molar refractivity (Wildman–Crippen MR) is 61.4 cm³/mol. The Morgan fingerprint density at radius 2 is 1.69 bits per heavy atom. The third kappa shape index (κ3) is 6.84. The lowest BCUT2D eigenvalue weighted by molar-refractivity contribution is 0.680. The summed E-state index contributed by atoms with van der Waals surface area (Å²) in [5, 5.41) is 0. The van der Waals surface area contributed by atoms with Gasteiger partial charge in [0.15, 0.2) is 0 Å². The molecule has 1 aromatic carbocycles. The van der Waals surface area contributed by atoms with Gasteiger partial charge in [-0.25, -0.2) is 0 Å². The summed E-state index contributed by atoms with van der Waals surface area (Å²) in [5.41, 5.74) is 4.02. The highest BCUT2D eigenvalue weighted by molar-refractivity contribution is 5.85. The van der Waals surface area contributed by atoms with E-state index < -0.39 is 0 Å².